The van der Waals surface area contributed by atoms with Crippen LogP contribution in [-0.2, 0) is 14.8 Å². The lowest BCUT2D eigenvalue weighted by atomic mass is 10.3. The third-order valence-electron chi connectivity index (χ3n) is 3.15. The van der Waals surface area contributed by atoms with Crippen LogP contribution in [0.3, 0.4) is 0 Å². The first-order chi connectivity index (χ1) is 9.30. The molecule has 1 aliphatic rings. The molecule has 1 unspecified atom stereocenters. The summed E-state index contributed by atoms with van der Waals surface area (Å²) in [6.45, 7) is 1.81. The maximum atomic E-state index is 13.2. The van der Waals surface area contributed by atoms with E-state index in [1.54, 1.807) is 0 Å². The summed E-state index contributed by atoms with van der Waals surface area (Å²) in [4.78, 5) is 10.7. The summed E-state index contributed by atoms with van der Waals surface area (Å²) < 4.78 is 39.2. The molecule has 110 valence electrons. The number of benzene rings is 1. The van der Waals surface area contributed by atoms with Crippen molar-refractivity contribution in [3.63, 3.8) is 0 Å². The van der Waals surface area contributed by atoms with E-state index in [2.05, 4.69) is 5.32 Å². The van der Waals surface area contributed by atoms with Crippen LogP contribution in [0.1, 0.15) is 13.3 Å². The number of nitrogen functional groups attached to an aromatic ring is 1. The van der Waals surface area contributed by atoms with Crippen molar-refractivity contribution in [3.8, 4) is 0 Å². The van der Waals surface area contributed by atoms with Crippen LogP contribution >= 0.6 is 0 Å². The molecule has 0 spiro atoms. The smallest absolute Gasteiger partial charge is 0.245 e. The van der Waals surface area contributed by atoms with E-state index < -0.39 is 15.8 Å². The molecule has 0 aromatic heterocycles. The van der Waals surface area contributed by atoms with Crippen LogP contribution < -0.4 is 11.1 Å². The summed E-state index contributed by atoms with van der Waals surface area (Å²) in [6, 6.07) is 3.02. The molecule has 1 aliphatic heterocycles. The van der Waals surface area contributed by atoms with Gasteiger partial charge in [-0.05, 0) is 24.6 Å². The van der Waals surface area contributed by atoms with Crippen molar-refractivity contribution in [2.75, 3.05) is 18.8 Å². The Labute approximate surface area is 116 Å². The van der Waals surface area contributed by atoms with E-state index in [0.717, 1.165) is 12.1 Å². The van der Waals surface area contributed by atoms with E-state index >= 15 is 0 Å². The van der Waals surface area contributed by atoms with E-state index in [-0.39, 0.29) is 35.6 Å². The molecule has 1 amide bonds. The number of nitrogens with zero attached hydrogens (tertiary/aromatic N) is 1. The monoisotopic (exact) mass is 301 g/mol. The Morgan fingerprint density at radius 2 is 2.20 bits per heavy atom. The Balaban J connectivity index is 2.24. The van der Waals surface area contributed by atoms with Gasteiger partial charge in [-0.3, -0.25) is 4.79 Å². The maximum absolute atomic E-state index is 13.2. The number of nitrogens with one attached hydrogen (secondary N) is 1. The lowest BCUT2D eigenvalue weighted by Gasteiger charge is -2.18. The number of hydrogen-bond acceptors (Lipinski definition) is 4. The fourth-order valence-electron chi connectivity index (χ4n) is 2.22. The summed E-state index contributed by atoms with van der Waals surface area (Å²) in [6.07, 6.45) is 0.522. The highest BCUT2D eigenvalue weighted by molar-refractivity contribution is 7.89. The highest BCUT2D eigenvalue weighted by Gasteiger charge is 2.34. The number of sulfonamides is 1. The molecular formula is C12H16FN3O3S. The quantitative estimate of drug-likeness (QED) is 0.786. The van der Waals surface area contributed by atoms with Crippen LogP contribution in [0.4, 0.5) is 10.1 Å². The van der Waals surface area contributed by atoms with Gasteiger partial charge >= 0.3 is 0 Å². The summed E-state index contributed by atoms with van der Waals surface area (Å²) in [5.41, 5.74) is 5.63. The third kappa shape index (κ3) is 2.91. The largest absolute Gasteiger partial charge is 0.398 e. The van der Waals surface area contributed by atoms with Crippen molar-refractivity contribution in [3.05, 3.63) is 24.0 Å². The number of nitrogens with two attached hydrogens (primary N) is 1. The van der Waals surface area contributed by atoms with E-state index in [1.165, 1.54) is 17.3 Å². The van der Waals surface area contributed by atoms with E-state index in [1.807, 2.05) is 0 Å². The first-order valence-electron chi connectivity index (χ1n) is 6.13. The highest BCUT2D eigenvalue weighted by atomic mass is 32.2. The van der Waals surface area contributed by atoms with Crippen LogP contribution in [0.15, 0.2) is 23.1 Å². The van der Waals surface area contributed by atoms with E-state index in [0.29, 0.717) is 6.42 Å². The molecule has 1 heterocycles. The van der Waals surface area contributed by atoms with Crippen molar-refractivity contribution < 1.29 is 17.6 Å². The number of carbonyl (C=O) groups excluding carboxylic acids is 1. The Bertz CT molecular complexity index is 633. The van der Waals surface area contributed by atoms with E-state index in [4.69, 9.17) is 5.73 Å². The lowest BCUT2D eigenvalue weighted by molar-refractivity contribution is -0.119. The molecule has 6 nitrogen and oxygen atoms in total. The predicted octanol–water partition coefficient (Wildman–Crippen LogP) is 0.307. The van der Waals surface area contributed by atoms with Gasteiger partial charge in [-0.2, -0.15) is 4.31 Å². The first kappa shape index (κ1) is 14.7. The Morgan fingerprint density at radius 1 is 1.50 bits per heavy atom. The average Bonchev–Trinajstić information content (AvgIpc) is 2.80. The van der Waals surface area contributed by atoms with Crippen LogP contribution in [0.2, 0.25) is 0 Å². The number of rotatable bonds is 3. The van der Waals surface area contributed by atoms with Gasteiger partial charge in [0.15, 0.2) is 0 Å². The second-order valence-electron chi connectivity index (χ2n) is 4.73. The molecular weight excluding hydrogens is 285 g/mol. The zero-order valence-electron chi connectivity index (χ0n) is 11.0. The molecule has 1 atom stereocenters. The molecule has 0 saturated carbocycles. The van der Waals surface area contributed by atoms with Crippen molar-refractivity contribution in [1.82, 2.24) is 9.62 Å². The molecule has 20 heavy (non-hydrogen) atoms. The van der Waals surface area contributed by atoms with Gasteiger partial charge < -0.3 is 11.1 Å². The summed E-state index contributed by atoms with van der Waals surface area (Å²) in [5, 5.41) is 2.67. The van der Waals surface area contributed by atoms with Gasteiger partial charge in [-0.1, -0.05) is 0 Å². The number of amides is 1. The maximum Gasteiger partial charge on any atom is 0.245 e. The lowest BCUT2D eigenvalue weighted by Crippen LogP contribution is -2.37. The Morgan fingerprint density at radius 3 is 2.85 bits per heavy atom. The number of hydrogen-bond donors (Lipinski definition) is 2. The minimum atomic E-state index is -3.84. The Kier molecular flexibility index (Phi) is 3.96. The topological polar surface area (TPSA) is 92.5 Å². The number of halogens is 1. The highest BCUT2D eigenvalue weighted by Crippen LogP contribution is 2.26. The van der Waals surface area contributed by atoms with Crippen molar-refractivity contribution in [2.45, 2.75) is 24.3 Å². The minimum Gasteiger partial charge on any atom is -0.398 e. The minimum absolute atomic E-state index is 0.00868. The Hall–Kier alpha value is -1.67. The molecule has 1 aromatic rings. The normalized spacial score (nSPS) is 20.0. The summed E-state index contributed by atoms with van der Waals surface area (Å²) in [5.74, 6) is -0.866. The molecule has 1 fully saturated rings. The molecule has 0 bridgehead atoms. The molecule has 1 saturated heterocycles. The van der Waals surface area contributed by atoms with Crippen molar-refractivity contribution in [2.24, 2.45) is 0 Å². The SMILES string of the molecule is CC(=O)NC1CCN(S(=O)(=O)c2cc(F)ccc2N)C1. The zero-order chi connectivity index (χ0) is 14.9. The fraction of sp³-hybridized carbons (Fsp3) is 0.417. The number of anilines is 1. The first-order valence-corrected chi connectivity index (χ1v) is 7.57. The van der Waals surface area contributed by atoms with Crippen LogP contribution in [0.5, 0.6) is 0 Å². The summed E-state index contributed by atoms with van der Waals surface area (Å²) >= 11 is 0. The fourth-order valence-corrected chi connectivity index (χ4v) is 3.85. The van der Waals surface area contributed by atoms with Gasteiger partial charge in [0, 0.05) is 26.1 Å². The molecule has 0 aliphatic carbocycles. The number of carbonyl (C=O) groups is 1. The second-order valence-corrected chi connectivity index (χ2v) is 6.64. The van der Waals surface area contributed by atoms with Crippen LogP contribution in [-0.4, -0.2) is 37.8 Å². The summed E-state index contributed by atoms with van der Waals surface area (Å²) in [7, 11) is -3.84. The van der Waals surface area contributed by atoms with Gasteiger partial charge in [0.1, 0.15) is 10.7 Å². The van der Waals surface area contributed by atoms with Crippen LogP contribution in [0, 0.1) is 5.82 Å². The van der Waals surface area contributed by atoms with Gasteiger partial charge in [0.25, 0.3) is 0 Å². The molecule has 3 N–H and O–H groups in total. The van der Waals surface area contributed by atoms with E-state index in [9.17, 15) is 17.6 Å². The average molecular weight is 301 g/mol. The molecule has 2 rings (SSSR count). The molecule has 0 radical (unpaired) electrons. The predicted molar refractivity (Wildman–Crippen MR) is 71.8 cm³/mol. The second kappa shape index (κ2) is 5.37. The standard InChI is InChI=1S/C12H16FN3O3S/c1-8(17)15-10-4-5-16(7-10)20(18,19)12-6-9(13)2-3-11(12)14/h2-3,6,10H,4-5,7,14H2,1H3,(H,15,17). The molecule has 1 aromatic carbocycles. The molecule has 8 heteroatoms. The van der Waals surface area contributed by atoms with Crippen molar-refractivity contribution >= 4 is 21.6 Å². The van der Waals surface area contributed by atoms with Gasteiger partial charge in [-0.15, -0.1) is 0 Å². The van der Waals surface area contributed by atoms with Gasteiger partial charge in [0.2, 0.25) is 15.9 Å². The zero-order valence-corrected chi connectivity index (χ0v) is 11.8. The third-order valence-corrected chi connectivity index (χ3v) is 5.07. The van der Waals surface area contributed by atoms with Gasteiger partial charge in [0.05, 0.1) is 5.69 Å². The van der Waals surface area contributed by atoms with Crippen molar-refractivity contribution in [1.29, 1.82) is 0 Å². The van der Waals surface area contributed by atoms with Crippen LogP contribution in [0.25, 0.3) is 0 Å². The van der Waals surface area contributed by atoms with Gasteiger partial charge in [-0.25, -0.2) is 12.8 Å².